The zero-order valence-electron chi connectivity index (χ0n) is 14.0. The fourth-order valence-corrected chi connectivity index (χ4v) is 2.79. The number of primary sulfonamides is 1. The minimum absolute atomic E-state index is 0.0128. The summed E-state index contributed by atoms with van der Waals surface area (Å²) in [5.41, 5.74) is -0.160. The molecule has 0 heterocycles. The molecule has 0 saturated carbocycles. The molecule has 0 fully saturated rings. The van der Waals surface area contributed by atoms with Crippen LogP contribution in [0.3, 0.4) is 0 Å². The second-order valence-electron chi connectivity index (χ2n) is 5.66. The van der Waals surface area contributed by atoms with Crippen molar-refractivity contribution in [2.75, 3.05) is 13.2 Å². The van der Waals surface area contributed by atoms with E-state index in [9.17, 15) is 21.6 Å². The number of hydrogen-bond donors (Lipinski definition) is 2. The lowest BCUT2D eigenvalue weighted by Crippen LogP contribution is -2.24. The second kappa shape index (κ2) is 8.07. The van der Waals surface area contributed by atoms with Gasteiger partial charge in [0.25, 0.3) is 0 Å². The Morgan fingerprint density at radius 2 is 1.81 bits per heavy atom. The molecule has 9 heteroatoms. The largest absolute Gasteiger partial charge is 0.492 e. The summed E-state index contributed by atoms with van der Waals surface area (Å²) in [7, 11) is -3.75. The van der Waals surface area contributed by atoms with Crippen LogP contribution in [0, 0.1) is 0 Å². The van der Waals surface area contributed by atoms with Crippen LogP contribution in [0.2, 0.25) is 0 Å². The van der Waals surface area contributed by atoms with Gasteiger partial charge in [-0.25, -0.2) is 13.6 Å². The van der Waals surface area contributed by atoms with Gasteiger partial charge in [0.2, 0.25) is 10.0 Å². The highest BCUT2D eigenvalue weighted by Gasteiger charge is 2.30. The Bertz CT molecular complexity index is 837. The van der Waals surface area contributed by atoms with Gasteiger partial charge in [0.05, 0.1) is 10.5 Å². The normalized spacial score (nSPS) is 13.4. The first-order chi connectivity index (χ1) is 12.1. The van der Waals surface area contributed by atoms with E-state index >= 15 is 0 Å². The quantitative estimate of drug-likeness (QED) is 0.715. The van der Waals surface area contributed by atoms with E-state index in [4.69, 9.17) is 9.88 Å². The lowest BCUT2D eigenvalue weighted by molar-refractivity contribution is -0.137. The number of sulfonamides is 1. The van der Waals surface area contributed by atoms with Crippen molar-refractivity contribution in [3.8, 4) is 5.75 Å². The molecule has 2 aromatic carbocycles. The highest BCUT2D eigenvalue weighted by Crippen LogP contribution is 2.30. The fraction of sp³-hybridized carbons (Fsp3) is 0.294. The number of halogens is 3. The van der Waals surface area contributed by atoms with E-state index in [1.54, 1.807) is 13.0 Å². The van der Waals surface area contributed by atoms with Gasteiger partial charge < -0.3 is 10.1 Å². The van der Waals surface area contributed by atoms with Gasteiger partial charge in [-0.1, -0.05) is 12.1 Å². The van der Waals surface area contributed by atoms with Crippen LogP contribution < -0.4 is 15.2 Å². The molecule has 2 aromatic rings. The standard InChI is InChI=1S/C17H19F3N2O3S/c1-12(13-3-2-4-14(11-13)17(18,19)20)22-9-10-25-15-5-7-16(8-6-15)26(21,23)24/h2-8,11-12,22H,9-10H2,1H3,(H2,21,23,24)/t12-/m0/s1. The highest BCUT2D eigenvalue weighted by atomic mass is 32.2. The van der Waals surface area contributed by atoms with Crippen LogP contribution in [0.25, 0.3) is 0 Å². The van der Waals surface area contributed by atoms with Crippen LogP contribution in [0.5, 0.6) is 5.75 Å². The first-order valence-electron chi connectivity index (χ1n) is 7.73. The SMILES string of the molecule is C[C@H](NCCOc1ccc(S(N)(=O)=O)cc1)c1cccc(C(F)(F)F)c1. The molecule has 0 aliphatic heterocycles. The average molecular weight is 388 g/mol. The Morgan fingerprint density at radius 1 is 1.15 bits per heavy atom. The maximum atomic E-state index is 12.7. The fourth-order valence-electron chi connectivity index (χ4n) is 2.27. The molecule has 0 radical (unpaired) electrons. The number of rotatable bonds is 7. The van der Waals surface area contributed by atoms with Crippen molar-refractivity contribution in [2.45, 2.75) is 24.0 Å². The molecule has 0 aliphatic carbocycles. The van der Waals surface area contributed by atoms with Crippen molar-refractivity contribution in [2.24, 2.45) is 5.14 Å². The molecule has 3 N–H and O–H groups in total. The zero-order chi connectivity index (χ0) is 19.4. The van der Waals surface area contributed by atoms with Gasteiger partial charge in [0.15, 0.2) is 0 Å². The molecule has 2 rings (SSSR count). The number of alkyl halides is 3. The molecule has 0 aliphatic rings. The number of benzene rings is 2. The number of nitrogens with two attached hydrogens (primary N) is 1. The Morgan fingerprint density at radius 3 is 2.38 bits per heavy atom. The van der Waals surface area contributed by atoms with Crippen molar-refractivity contribution in [1.29, 1.82) is 0 Å². The van der Waals surface area contributed by atoms with Crippen molar-refractivity contribution >= 4 is 10.0 Å². The Labute approximate surface area is 150 Å². The number of nitrogens with one attached hydrogen (secondary N) is 1. The molecule has 142 valence electrons. The molecule has 0 amide bonds. The van der Waals surface area contributed by atoms with Crippen LogP contribution in [0.15, 0.2) is 53.4 Å². The van der Waals surface area contributed by atoms with E-state index in [-0.39, 0.29) is 17.5 Å². The van der Waals surface area contributed by atoms with Crippen LogP contribution in [0.1, 0.15) is 24.1 Å². The van der Waals surface area contributed by atoms with Gasteiger partial charge in [-0.3, -0.25) is 0 Å². The van der Waals surface area contributed by atoms with Gasteiger partial charge in [-0.05, 0) is 48.9 Å². The molecular weight excluding hydrogens is 369 g/mol. The molecule has 26 heavy (non-hydrogen) atoms. The summed E-state index contributed by atoms with van der Waals surface area (Å²) in [5, 5.41) is 8.08. The maximum Gasteiger partial charge on any atom is 0.416 e. The third kappa shape index (κ3) is 5.72. The summed E-state index contributed by atoms with van der Waals surface area (Å²) in [4.78, 5) is -0.0128. The Hall–Kier alpha value is -2.10. The number of hydrogen-bond acceptors (Lipinski definition) is 4. The lowest BCUT2D eigenvalue weighted by Gasteiger charge is -2.16. The Kier molecular flexibility index (Phi) is 6.27. The lowest BCUT2D eigenvalue weighted by atomic mass is 10.0. The summed E-state index contributed by atoms with van der Waals surface area (Å²) in [6.45, 7) is 2.42. The minimum Gasteiger partial charge on any atom is -0.492 e. The Balaban J connectivity index is 1.84. The summed E-state index contributed by atoms with van der Waals surface area (Å²) in [5.74, 6) is 0.464. The summed E-state index contributed by atoms with van der Waals surface area (Å²) >= 11 is 0. The van der Waals surface area contributed by atoms with Gasteiger partial charge in [-0.2, -0.15) is 13.2 Å². The van der Waals surface area contributed by atoms with Gasteiger partial charge in [0.1, 0.15) is 12.4 Å². The van der Waals surface area contributed by atoms with Crippen molar-refractivity contribution in [3.05, 3.63) is 59.7 Å². The first-order valence-corrected chi connectivity index (χ1v) is 9.28. The second-order valence-corrected chi connectivity index (χ2v) is 7.23. The zero-order valence-corrected chi connectivity index (χ0v) is 14.8. The predicted octanol–water partition coefficient (Wildman–Crippen LogP) is 3.08. The van der Waals surface area contributed by atoms with E-state index in [1.807, 2.05) is 0 Å². The summed E-state index contributed by atoms with van der Waals surface area (Å²) in [6, 6.07) is 10.5. The highest BCUT2D eigenvalue weighted by molar-refractivity contribution is 7.89. The van der Waals surface area contributed by atoms with Gasteiger partial charge in [-0.15, -0.1) is 0 Å². The van der Waals surface area contributed by atoms with Crippen molar-refractivity contribution < 1.29 is 26.3 Å². The maximum absolute atomic E-state index is 12.7. The van der Waals surface area contributed by atoms with E-state index in [1.165, 1.54) is 30.3 Å². The van der Waals surface area contributed by atoms with Crippen LogP contribution in [-0.2, 0) is 16.2 Å². The molecular formula is C17H19F3N2O3S. The molecule has 0 unspecified atom stereocenters. The van der Waals surface area contributed by atoms with Crippen molar-refractivity contribution in [3.63, 3.8) is 0 Å². The van der Waals surface area contributed by atoms with Gasteiger partial charge in [0, 0.05) is 12.6 Å². The van der Waals surface area contributed by atoms with E-state index < -0.39 is 21.8 Å². The average Bonchev–Trinajstić information content (AvgIpc) is 2.57. The predicted molar refractivity (Wildman–Crippen MR) is 91.2 cm³/mol. The van der Waals surface area contributed by atoms with E-state index in [0.717, 1.165) is 12.1 Å². The summed E-state index contributed by atoms with van der Waals surface area (Å²) < 4.78 is 66.0. The third-order valence-corrected chi connectivity index (χ3v) is 4.62. The topological polar surface area (TPSA) is 81.4 Å². The molecule has 0 aromatic heterocycles. The molecule has 1 atom stereocenters. The van der Waals surface area contributed by atoms with Crippen LogP contribution in [0.4, 0.5) is 13.2 Å². The van der Waals surface area contributed by atoms with Crippen molar-refractivity contribution in [1.82, 2.24) is 5.32 Å². The molecule has 5 nitrogen and oxygen atoms in total. The smallest absolute Gasteiger partial charge is 0.416 e. The molecule has 0 bridgehead atoms. The van der Waals surface area contributed by atoms with Gasteiger partial charge >= 0.3 is 6.18 Å². The first kappa shape index (κ1) is 20.2. The molecule has 0 spiro atoms. The minimum atomic E-state index is -4.37. The van der Waals surface area contributed by atoms with E-state index in [0.29, 0.717) is 17.9 Å². The van der Waals surface area contributed by atoms with E-state index in [2.05, 4.69) is 5.32 Å². The van der Waals surface area contributed by atoms with Crippen LogP contribution in [-0.4, -0.2) is 21.6 Å². The monoisotopic (exact) mass is 388 g/mol. The number of ether oxygens (including phenoxy) is 1. The third-order valence-electron chi connectivity index (χ3n) is 3.69. The molecule has 0 saturated heterocycles. The van der Waals surface area contributed by atoms with Crippen LogP contribution >= 0.6 is 0 Å². The summed E-state index contributed by atoms with van der Waals surface area (Å²) in [6.07, 6.45) is -4.37.